The van der Waals surface area contributed by atoms with Crippen molar-refractivity contribution >= 4 is 23.2 Å². The van der Waals surface area contributed by atoms with Crippen molar-refractivity contribution in [2.24, 2.45) is 0 Å². The lowest BCUT2D eigenvalue weighted by molar-refractivity contribution is 0.102. The van der Waals surface area contributed by atoms with E-state index in [-0.39, 0.29) is 17.1 Å². The summed E-state index contributed by atoms with van der Waals surface area (Å²) in [5.74, 6) is -0.338. The van der Waals surface area contributed by atoms with Crippen molar-refractivity contribution in [3.63, 3.8) is 0 Å². The average Bonchev–Trinajstić information content (AvgIpc) is 2.47. The molecule has 1 amide bonds. The first-order valence-electron chi connectivity index (χ1n) is 5.93. The van der Waals surface area contributed by atoms with Gasteiger partial charge in [-0.3, -0.25) is 4.79 Å². The van der Waals surface area contributed by atoms with Gasteiger partial charge in [-0.25, -0.2) is 0 Å². The van der Waals surface area contributed by atoms with Gasteiger partial charge in [0, 0.05) is 10.6 Å². The van der Waals surface area contributed by atoms with E-state index >= 15 is 0 Å². The third-order valence-electron chi connectivity index (χ3n) is 2.79. The lowest BCUT2D eigenvalue weighted by atomic mass is 10.1. The van der Waals surface area contributed by atoms with Gasteiger partial charge in [-0.1, -0.05) is 11.6 Å². The molecule has 0 aliphatic rings. The van der Waals surface area contributed by atoms with Crippen molar-refractivity contribution in [2.75, 3.05) is 12.4 Å². The molecule has 0 fully saturated rings. The van der Waals surface area contributed by atoms with Crippen molar-refractivity contribution in [3.05, 3.63) is 52.5 Å². The first-order chi connectivity index (χ1) is 10.0. The Balaban J connectivity index is 2.28. The van der Waals surface area contributed by atoms with Gasteiger partial charge < -0.3 is 15.2 Å². The largest absolute Gasteiger partial charge is 0.504 e. The van der Waals surface area contributed by atoms with E-state index in [1.807, 2.05) is 6.07 Å². The Labute approximate surface area is 126 Å². The van der Waals surface area contributed by atoms with Crippen LogP contribution in [0.15, 0.2) is 36.4 Å². The third-order valence-corrected chi connectivity index (χ3v) is 3.03. The molecule has 106 valence electrons. The molecule has 2 aromatic rings. The maximum atomic E-state index is 12.1. The number of hydrogen-bond donors (Lipinski definition) is 2. The summed E-state index contributed by atoms with van der Waals surface area (Å²) in [6.07, 6.45) is 0. The zero-order chi connectivity index (χ0) is 15.4. The standard InChI is InChI=1S/C15H11ClN2O3/c1-21-14-5-3-9(6-13(14)19)15(20)18-12-7-11(16)4-2-10(12)8-17/h2-7,19H,1H3,(H,18,20). The minimum Gasteiger partial charge on any atom is -0.504 e. The normalized spacial score (nSPS) is 9.76. The number of phenols is 1. The molecular weight excluding hydrogens is 292 g/mol. The van der Waals surface area contributed by atoms with Crippen molar-refractivity contribution in [3.8, 4) is 17.6 Å². The number of phenolic OH excluding ortho intramolecular Hbond substituents is 1. The second-order valence-electron chi connectivity index (χ2n) is 4.14. The number of methoxy groups -OCH3 is 1. The Kier molecular flexibility index (Phi) is 4.31. The summed E-state index contributed by atoms with van der Waals surface area (Å²) in [4.78, 5) is 12.1. The number of halogens is 1. The van der Waals surface area contributed by atoms with Gasteiger partial charge >= 0.3 is 0 Å². The second kappa shape index (κ2) is 6.16. The Morgan fingerprint density at radius 1 is 1.33 bits per heavy atom. The highest BCUT2D eigenvalue weighted by molar-refractivity contribution is 6.31. The summed E-state index contributed by atoms with van der Waals surface area (Å²) >= 11 is 5.85. The molecule has 0 unspecified atom stereocenters. The van der Waals surface area contributed by atoms with Crippen LogP contribution in [0.3, 0.4) is 0 Å². The van der Waals surface area contributed by atoms with Crippen LogP contribution in [0.1, 0.15) is 15.9 Å². The lowest BCUT2D eigenvalue weighted by Crippen LogP contribution is -2.12. The lowest BCUT2D eigenvalue weighted by Gasteiger charge is -2.09. The van der Waals surface area contributed by atoms with E-state index in [9.17, 15) is 9.90 Å². The van der Waals surface area contributed by atoms with E-state index in [2.05, 4.69) is 5.32 Å². The summed E-state index contributed by atoms with van der Waals surface area (Å²) in [6.45, 7) is 0. The summed E-state index contributed by atoms with van der Waals surface area (Å²) in [7, 11) is 1.42. The van der Waals surface area contributed by atoms with Crippen molar-refractivity contribution in [2.45, 2.75) is 0 Å². The zero-order valence-corrected chi connectivity index (χ0v) is 11.8. The number of aromatic hydroxyl groups is 1. The number of benzene rings is 2. The molecule has 0 saturated carbocycles. The fourth-order valence-electron chi connectivity index (χ4n) is 1.74. The summed E-state index contributed by atoms with van der Waals surface area (Å²) in [5, 5.41) is 21.7. The molecule has 5 nitrogen and oxygen atoms in total. The third kappa shape index (κ3) is 3.25. The monoisotopic (exact) mass is 302 g/mol. The number of amides is 1. The summed E-state index contributed by atoms with van der Waals surface area (Å²) in [5.41, 5.74) is 0.841. The van der Waals surface area contributed by atoms with Crippen LogP contribution in [-0.2, 0) is 0 Å². The van der Waals surface area contributed by atoms with Gasteiger partial charge in [-0.05, 0) is 36.4 Å². The highest BCUT2D eigenvalue weighted by Crippen LogP contribution is 2.27. The molecule has 2 N–H and O–H groups in total. The topological polar surface area (TPSA) is 82.3 Å². The quantitative estimate of drug-likeness (QED) is 0.912. The molecule has 0 aromatic heterocycles. The van der Waals surface area contributed by atoms with E-state index in [1.165, 1.54) is 37.4 Å². The number of carbonyl (C=O) groups is 1. The van der Waals surface area contributed by atoms with Gasteiger partial charge in [-0.2, -0.15) is 5.26 Å². The van der Waals surface area contributed by atoms with Gasteiger partial charge in [0.25, 0.3) is 5.91 Å². The second-order valence-corrected chi connectivity index (χ2v) is 4.58. The minimum atomic E-state index is -0.466. The number of anilines is 1. The number of ether oxygens (including phenoxy) is 1. The fraction of sp³-hybridized carbons (Fsp3) is 0.0667. The Bertz CT molecular complexity index is 738. The Morgan fingerprint density at radius 3 is 2.71 bits per heavy atom. The molecule has 6 heteroatoms. The van der Waals surface area contributed by atoms with Crippen LogP contribution < -0.4 is 10.1 Å². The van der Waals surface area contributed by atoms with Crippen molar-refractivity contribution < 1.29 is 14.6 Å². The number of nitriles is 1. The molecule has 2 aromatic carbocycles. The molecule has 0 bridgehead atoms. The molecule has 2 rings (SSSR count). The number of carbonyl (C=O) groups excluding carboxylic acids is 1. The highest BCUT2D eigenvalue weighted by atomic mass is 35.5. The molecule has 21 heavy (non-hydrogen) atoms. The minimum absolute atomic E-state index is 0.142. The Morgan fingerprint density at radius 2 is 2.10 bits per heavy atom. The number of nitrogens with one attached hydrogen (secondary N) is 1. The van der Waals surface area contributed by atoms with Crippen LogP contribution >= 0.6 is 11.6 Å². The highest BCUT2D eigenvalue weighted by Gasteiger charge is 2.12. The van der Waals surface area contributed by atoms with Gasteiger partial charge in [-0.15, -0.1) is 0 Å². The first-order valence-corrected chi connectivity index (χ1v) is 6.31. The molecule has 0 heterocycles. The summed E-state index contributed by atoms with van der Waals surface area (Å²) < 4.78 is 4.91. The Hall–Kier alpha value is -2.71. The molecule has 0 spiro atoms. The SMILES string of the molecule is COc1ccc(C(=O)Nc2cc(Cl)ccc2C#N)cc1O. The van der Waals surface area contributed by atoms with Crippen LogP contribution in [0.4, 0.5) is 5.69 Å². The number of nitrogens with zero attached hydrogens (tertiary/aromatic N) is 1. The van der Waals surface area contributed by atoms with E-state index in [4.69, 9.17) is 21.6 Å². The van der Waals surface area contributed by atoms with Crippen LogP contribution in [0.2, 0.25) is 5.02 Å². The molecule has 0 saturated heterocycles. The van der Waals surface area contributed by atoms with Crippen LogP contribution in [0.25, 0.3) is 0 Å². The van der Waals surface area contributed by atoms with E-state index in [0.29, 0.717) is 16.3 Å². The zero-order valence-electron chi connectivity index (χ0n) is 11.1. The molecular formula is C15H11ClN2O3. The average molecular weight is 303 g/mol. The van der Waals surface area contributed by atoms with Crippen LogP contribution in [0, 0.1) is 11.3 Å². The van der Waals surface area contributed by atoms with E-state index in [0.717, 1.165) is 0 Å². The maximum Gasteiger partial charge on any atom is 0.255 e. The smallest absolute Gasteiger partial charge is 0.255 e. The van der Waals surface area contributed by atoms with Gasteiger partial charge in [0.15, 0.2) is 11.5 Å². The van der Waals surface area contributed by atoms with Gasteiger partial charge in [0.05, 0.1) is 18.4 Å². The number of rotatable bonds is 3. The van der Waals surface area contributed by atoms with E-state index in [1.54, 1.807) is 6.07 Å². The number of hydrogen-bond acceptors (Lipinski definition) is 4. The summed E-state index contributed by atoms with van der Waals surface area (Å²) in [6, 6.07) is 10.8. The maximum absolute atomic E-state index is 12.1. The molecule has 0 radical (unpaired) electrons. The fourth-order valence-corrected chi connectivity index (χ4v) is 1.92. The van der Waals surface area contributed by atoms with Crippen molar-refractivity contribution in [1.29, 1.82) is 5.26 Å². The van der Waals surface area contributed by atoms with Gasteiger partial charge in [0.1, 0.15) is 6.07 Å². The molecule has 0 aliphatic heterocycles. The molecule has 0 atom stereocenters. The predicted octanol–water partition coefficient (Wildman–Crippen LogP) is 3.18. The molecule has 0 aliphatic carbocycles. The van der Waals surface area contributed by atoms with E-state index < -0.39 is 5.91 Å². The van der Waals surface area contributed by atoms with Crippen LogP contribution in [-0.4, -0.2) is 18.1 Å². The van der Waals surface area contributed by atoms with Crippen LogP contribution in [0.5, 0.6) is 11.5 Å². The van der Waals surface area contributed by atoms with Crippen molar-refractivity contribution in [1.82, 2.24) is 0 Å². The first kappa shape index (κ1) is 14.7. The van der Waals surface area contributed by atoms with Gasteiger partial charge in [0.2, 0.25) is 0 Å². The predicted molar refractivity (Wildman–Crippen MR) is 78.8 cm³/mol.